The molecule has 96 valence electrons. The fourth-order valence-corrected chi connectivity index (χ4v) is 1.33. The average Bonchev–Trinajstić information content (AvgIpc) is 2.47. The minimum absolute atomic E-state index is 0.0717. The van der Waals surface area contributed by atoms with E-state index in [9.17, 15) is 4.79 Å². The maximum atomic E-state index is 11.4. The number of carbonyl (C=O) groups excluding carboxylic acids is 1. The summed E-state index contributed by atoms with van der Waals surface area (Å²) in [6.45, 7) is -0.0717. The molecule has 0 fully saturated rings. The van der Waals surface area contributed by atoms with Gasteiger partial charge in [0, 0.05) is 12.4 Å². The molecular formula is C14H13N3O2. The van der Waals surface area contributed by atoms with Crippen LogP contribution in [0, 0.1) is 0 Å². The van der Waals surface area contributed by atoms with Crippen LogP contribution in [0.15, 0.2) is 60.0 Å². The molecule has 2 rings (SSSR count). The van der Waals surface area contributed by atoms with Crippen molar-refractivity contribution >= 4 is 12.1 Å². The van der Waals surface area contributed by atoms with Gasteiger partial charge in [0.2, 0.25) is 0 Å². The van der Waals surface area contributed by atoms with Gasteiger partial charge in [0.1, 0.15) is 5.75 Å². The van der Waals surface area contributed by atoms with Crippen LogP contribution in [0.4, 0.5) is 0 Å². The summed E-state index contributed by atoms with van der Waals surface area (Å²) < 4.78 is 5.27. The Morgan fingerprint density at radius 3 is 2.68 bits per heavy atom. The minimum Gasteiger partial charge on any atom is -0.484 e. The molecule has 5 heteroatoms. The molecule has 0 bridgehead atoms. The van der Waals surface area contributed by atoms with Gasteiger partial charge in [-0.2, -0.15) is 5.10 Å². The van der Waals surface area contributed by atoms with E-state index in [-0.39, 0.29) is 12.5 Å². The minimum atomic E-state index is -0.311. The predicted octanol–water partition coefficient (Wildman–Crippen LogP) is 1.61. The van der Waals surface area contributed by atoms with E-state index in [0.29, 0.717) is 5.75 Å². The van der Waals surface area contributed by atoms with Gasteiger partial charge in [-0.25, -0.2) is 5.43 Å². The number of benzene rings is 1. The molecule has 0 radical (unpaired) electrons. The molecule has 0 aliphatic carbocycles. The van der Waals surface area contributed by atoms with Crippen LogP contribution in [-0.4, -0.2) is 23.7 Å². The highest BCUT2D eigenvalue weighted by molar-refractivity contribution is 5.82. The van der Waals surface area contributed by atoms with E-state index in [2.05, 4.69) is 15.5 Å². The molecule has 1 aromatic carbocycles. The number of pyridine rings is 1. The summed E-state index contributed by atoms with van der Waals surface area (Å²) >= 11 is 0. The van der Waals surface area contributed by atoms with Crippen LogP contribution < -0.4 is 10.2 Å². The molecule has 0 saturated heterocycles. The summed E-state index contributed by atoms with van der Waals surface area (Å²) in [5.41, 5.74) is 3.25. The first kappa shape index (κ1) is 12.8. The van der Waals surface area contributed by atoms with Crippen LogP contribution in [0.1, 0.15) is 5.56 Å². The zero-order chi connectivity index (χ0) is 13.3. The largest absolute Gasteiger partial charge is 0.484 e. The van der Waals surface area contributed by atoms with Gasteiger partial charge < -0.3 is 4.74 Å². The summed E-state index contributed by atoms with van der Waals surface area (Å²) in [5, 5.41) is 3.82. The Bertz CT molecular complexity index is 541. The standard InChI is InChI=1S/C14H13N3O2/c18-14(11-19-13-4-2-1-3-5-13)17-16-10-12-6-8-15-9-7-12/h1-10H,11H2,(H,17,18)/b16-10+. The third-order valence-corrected chi connectivity index (χ3v) is 2.22. The highest BCUT2D eigenvalue weighted by atomic mass is 16.5. The molecule has 1 N–H and O–H groups in total. The summed E-state index contributed by atoms with van der Waals surface area (Å²) in [4.78, 5) is 15.3. The van der Waals surface area contributed by atoms with Crippen molar-refractivity contribution in [2.75, 3.05) is 6.61 Å². The first-order valence-electron chi connectivity index (χ1n) is 5.74. The van der Waals surface area contributed by atoms with Crippen molar-refractivity contribution in [2.45, 2.75) is 0 Å². The van der Waals surface area contributed by atoms with Crippen molar-refractivity contribution in [1.29, 1.82) is 0 Å². The summed E-state index contributed by atoms with van der Waals surface area (Å²) in [5.74, 6) is 0.338. The lowest BCUT2D eigenvalue weighted by atomic mass is 10.3. The molecule has 0 atom stereocenters. The zero-order valence-electron chi connectivity index (χ0n) is 10.2. The number of nitrogens with one attached hydrogen (secondary N) is 1. The Hall–Kier alpha value is -2.69. The first-order valence-corrected chi connectivity index (χ1v) is 5.74. The zero-order valence-corrected chi connectivity index (χ0v) is 10.2. The van der Waals surface area contributed by atoms with Gasteiger partial charge in [-0.05, 0) is 29.8 Å². The Labute approximate surface area is 110 Å². The van der Waals surface area contributed by atoms with E-state index in [1.54, 1.807) is 42.9 Å². The van der Waals surface area contributed by atoms with E-state index in [1.807, 2.05) is 18.2 Å². The fourth-order valence-electron chi connectivity index (χ4n) is 1.33. The average molecular weight is 255 g/mol. The van der Waals surface area contributed by atoms with Crippen molar-refractivity contribution in [3.8, 4) is 5.75 Å². The van der Waals surface area contributed by atoms with Crippen molar-refractivity contribution < 1.29 is 9.53 Å². The van der Waals surface area contributed by atoms with E-state index in [4.69, 9.17) is 4.74 Å². The summed E-state index contributed by atoms with van der Waals surface area (Å²) in [6.07, 6.45) is 4.85. The number of amides is 1. The first-order chi connectivity index (χ1) is 9.34. The molecule has 19 heavy (non-hydrogen) atoms. The maximum absolute atomic E-state index is 11.4. The molecule has 1 aromatic heterocycles. The van der Waals surface area contributed by atoms with Gasteiger partial charge in [0.15, 0.2) is 6.61 Å². The number of aromatic nitrogens is 1. The van der Waals surface area contributed by atoms with Gasteiger partial charge in [0.05, 0.1) is 6.21 Å². The van der Waals surface area contributed by atoms with Crippen LogP contribution >= 0.6 is 0 Å². The number of carbonyl (C=O) groups is 1. The maximum Gasteiger partial charge on any atom is 0.277 e. The topological polar surface area (TPSA) is 63.6 Å². The van der Waals surface area contributed by atoms with Crippen molar-refractivity contribution in [2.24, 2.45) is 5.10 Å². The van der Waals surface area contributed by atoms with E-state index in [1.165, 1.54) is 0 Å². The lowest BCUT2D eigenvalue weighted by Gasteiger charge is -2.03. The van der Waals surface area contributed by atoms with E-state index in [0.717, 1.165) is 5.56 Å². The molecule has 5 nitrogen and oxygen atoms in total. The smallest absolute Gasteiger partial charge is 0.277 e. The highest BCUT2D eigenvalue weighted by Crippen LogP contribution is 2.07. The van der Waals surface area contributed by atoms with E-state index < -0.39 is 0 Å². The Morgan fingerprint density at radius 2 is 1.95 bits per heavy atom. The van der Waals surface area contributed by atoms with Gasteiger partial charge >= 0.3 is 0 Å². The molecule has 1 heterocycles. The molecule has 0 unspecified atom stereocenters. The van der Waals surface area contributed by atoms with Crippen LogP contribution in [-0.2, 0) is 4.79 Å². The Morgan fingerprint density at radius 1 is 1.21 bits per heavy atom. The quantitative estimate of drug-likeness (QED) is 0.652. The summed E-state index contributed by atoms with van der Waals surface area (Å²) in [7, 11) is 0. The number of hydrogen-bond donors (Lipinski definition) is 1. The van der Waals surface area contributed by atoms with Crippen LogP contribution in [0.2, 0.25) is 0 Å². The number of ether oxygens (including phenoxy) is 1. The molecule has 0 spiro atoms. The van der Waals surface area contributed by atoms with E-state index >= 15 is 0 Å². The number of hydrogen-bond acceptors (Lipinski definition) is 4. The van der Waals surface area contributed by atoms with Crippen LogP contribution in [0.3, 0.4) is 0 Å². The number of nitrogens with zero attached hydrogens (tertiary/aromatic N) is 2. The predicted molar refractivity (Wildman–Crippen MR) is 71.9 cm³/mol. The molecular weight excluding hydrogens is 242 g/mol. The van der Waals surface area contributed by atoms with Crippen molar-refractivity contribution in [1.82, 2.24) is 10.4 Å². The van der Waals surface area contributed by atoms with Gasteiger partial charge in [-0.1, -0.05) is 18.2 Å². The second-order valence-electron chi connectivity index (χ2n) is 3.68. The summed E-state index contributed by atoms with van der Waals surface area (Å²) in [6, 6.07) is 12.7. The van der Waals surface area contributed by atoms with Crippen LogP contribution in [0.25, 0.3) is 0 Å². The Balaban J connectivity index is 1.75. The SMILES string of the molecule is O=C(COc1ccccc1)N/N=C/c1ccncc1. The number of para-hydroxylation sites is 1. The lowest BCUT2D eigenvalue weighted by molar-refractivity contribution is -0.123. The van der Waals surface area contributed by atoms with Gasteiger partial charge in [0.25, 0.3) is 5.91 Å². The van der Waals surface area contributed by atoms with Crippen LogP contribution in [0.5, 0.6) is 5.75 Å². The van der Waals surface area contributed by atoms with Gasteiger partial charge in [-0.15, -0.1) is 0 Å². The van der Waals surface area contributed by atoms with Crippen molar-refractivity contribution in [3.63, 3.8) is 0 Å². The molecule has 0 saturated carbocycles. The highest BCUT2D eigenvalue weighted by Gasteiger charge is 2.00. The third-order valence-electron chi connectivity index (χ3n) is 2.22. The monoisotopic (exact) mass is 255 g/mol. The fraction of sp³-hybridized carbons (Fsp3) is 0.0714. The number of rotatable bonds is 5. The normalized spacial score (nSPS) is 10.3. The second kappa shape index (κ2) is 6.90. The molecule has 2 aromatic rings. The molecule has 1 amide bonds. The lowest BCUT2D eigenvalue weighted by Crippen LogP contribution is -2.24. The van der Waals surface area contributed by atoms with Gasteiger partial charge in [-0.3, -0.25) is 9.78 Å². The molecule has 0 aliphatic heterocycles. The third kappa shape index (κ3) is 4.59. The number of hydrazone groups is 1. The Kier molecular flexibility index (Phi) is 4.64. The molecule has 0 aliphatic rings. The van der Waals surface area contributed by atoms with Crippen molar-refractivity contribution in [3.05, 3.63) is 60.4 Å². The second-order valence-corrected chi connectivity index (χ2v) is 3.68.